The van der Waals surface area contributed by atoms with Crippen LogP contribution in [0.1, 0.15) is 17.7 Å². The molecule has 0 atom stereocenters. The van der Waals surface area contributed by atoms with Crippen LogP contribution in [0.2, 0.25) is 0 Å². The maximum Gasteiger partial charge on any atom is 0.245 e. The molecule has 0 aromatic carbocycles. The molecule has 1 aliphatic carbocycles. The third kappa shape index (κ3) is 3.62. The van der Waals surface area contributed by atoms with E-state index in [1.165, 1.54) is 15.6 Å². The van der Waals surface area contributed by atoms with Crippen molar-refractivity contribution >= 4 is 37.3 Å². The molecule has 7 heteroatoms. The number of rotatable bonds is 7. The molecule has 0 unspecified atom stereocenters. The summed E-state index contributed by atoms with van der Waals surface area (Å²) in [6.07, 6.45) is 7.50. The summed E-state index contributed by atoms with van der Waals surface area (Å²) in [7, 11) is -1.69. The lowest BCUT2D eigenvalue weighted by Gasteiger charge is -2.19. The topological polar surface area (TPSA) is 49.4 Å². The van der Waals surface area contributed by atoms with Crippen LogP contribution >= 0.6 is 27.3 Å². The van der Waals surface area contributed by atoms with Gasteiger partial charge in [-0.25, -0.2) is 8.42 Å². The highest BCUT2D eigenvalue weighted by molar-refractivity contribution is 9.11. The van der Waals surface area contributed by atoms with Crippen LogP contribution in [-0.4, -0.2) is 32.9 Å². The van der Waals surface area contributed by atoms with Gasteiger partial charge in [-0.15, -0.1) is 17.8 Å². The van der Waals surface area contributed by atoms with Gasteiger partial charge in [-0.3, -0.25) is 0 Å². The smallest absolute Gasteiger partial charge is 0.245 e. The Morgan fingerprint density at radius 3 is 2.85 bits per heavy atom. The van der Waals surface area contributed by atoms with Gasteiger partial charge in [0.05, 0.1) is 10.3 Å². The van der Waals surface area contributed by atoms with Crippen molar-refractivity contribution in [2.75, 3.05) is 20.1 Å². The third-order valence-corrected chi connectivity index (χ3v) is 7.17. The monoisotopic (exact) mass is 376 g/mol. The van der Waals surface area contributed by atoms with Gasteiger partial charge in [-0.2, -0.15) is 4.31 Å². The van der Waals surface area contributed by atoms with Crippen LogP contribution in [0.4, 0.5) is 0 Å². The molecule has 0 bridgehead atoms. The molecule has 0 amide bonds. The van der Waals surface area contributed by atoms with Crippen molar-refractivity contribution in [2.45, 2.75) is 24.3 Å². The first-order valence-electron chi connectivity index (χ1n) is 6.35. The molecule has 0 radical (unpaired) electrons. The van der Waals surface area contributed by atoms with Gasteiger partial charge in [0.25, 0.3) is 0 Å². The van der Waals surface area contributed by atoms with E-state index in [0.29, 0.717) is 27.7 Å². The number of nitrogens with zero attached hydrogens (tertiary/aromatic N) is 1. The zero-order chi connectivity index (χ0) is 14.8. The largest absolute Gasteiger partial charge is 0.315 e. The van der Waals surface area contributed by atoms with Crippen LogP contribution in [0.15, 0.2) is 14.7 Å². The zero-order valence-corrected chi connectivity index (χ0v) is 14.4. The Bertz CT molecular complexity index is 615. The van der Waals surface area contributed by atoms with Crippen LogP contribution < -0.4 is 5.32 Å². The average Bonchev–Trinajstić information content (AvgIpc) is 3.12. The van der Waals surface area contributed by atoms with Gasteiger partial charge in [-0.1, -0.05) is 5.92 Å². The maximum atomic E-state index is 12.7. The molecule has 0 spiro atoms. The SMILES string of the molecule is C#CCN(CC1CC1)S(=O)(=O)c1cc(CNC)sc1Br. The van der Waals surface area contributed by atoms with Crippen molar-refractivity contribution in [1.29, 1.82) is 0 Å². The molecule has 4 nitrogen and oxygen atoms in total. The molecule has 2 rings (SSSR count). The molecule has 20 heavy (non-hydrogen) atoms. The predicted molar refractivity (Wildman–Crippen MR) is 85.1 cm³/mol. The van der Waals surface area contributed by atoms with Crippen LogP contribution in [-0.2, 0) is 16.6 Å². The van der Waals surface area contributed by atoms with Crippen molar-refractivity contribution < 1.29 is 8.42 Å². The number of terminal acetylenes is 1. The van der Waals surface area contributed by atoms with E-state index in [1.807, 2.05) is 7.05 Å². The van der Waals surface area contributed by atoms with Gasteiger partial charge in [0.15, 0.2) is 0 Å². The molecule has 1 heterocycles. The van der Waals surface area contributed by atoms with Gasteiger partial charge < -0.3 is 5.32 Å². The average molecular weight is 377 g/mol. The highest BCUT2D eigenvalue weighted by atomic mass is 79.9. The first kappa shape index (κ1) is 16.0. The fraction of sp³-hybridized carbons (Fsp3) is 0.538. The molecule has 1 aromatic heterocycles. The number of halogens is 1. The van der Waals surface area contributed by atoms with Gasteiger partial charge >= 0.3 is 0 Å². The van der Waals surface area contributed by atoms with Crippen molar-refractivity contribution in [2.24, 2.45) is 5.92 Å². The highest BCUT2D eigenvalue weighted by Crippen LogP contribution is 2.36. The summed E-state index contributed by atoms with van der Waals surface area (Å²) in [5.41, 5.74) is 0. The molecule has 1 aromatic rings. The minimum absolute atomic E-state index is 0.127. The van der Waals surface area contributed by atoms with Crippen LogP contribution in [0.3, 0.4) is 0 Å². The summed E-state index contributed by atoms with van der Waals surface area (Å²) in [6.45, 7) is 1.30. The quantitative estimate of drug-likeness (QED) is 0.742. The van der Waals surface area contributed by atoms with E-state index in [-0.39, 0.29) is 6.54 Å². The number of sulfonamides is 1. The lowest BCUT2D eigenvalue weighted by molar-refractivity contribution is 0.430. The van der Waals surface area contributed by atoms with Crippen LogP contribution in [0.5, 0.6) is 0 Å². The molecule has 1 aliphatic rings. The van der Waals surface area contributed by atoms with Gasteiger partial charge in [0, 0.05) is 18.0 Å². The maximum absolute atomic E-state index is 12.7. The Hall–Kier alpha value is -0.390. The number of hydrogen-bond acceptors (Lipinski definition) is 4. The molecule has 1 fully saturated rings. The van der Waals surface area contributed by atoms with E-state index in [9.17, 15) is 8.42 Å². The van der Waals surface area contributed by atoms with E-state index in [1.54, 1.807) is 6.07 Å². The Kier molecular flexibility index (Phi) is 5.26. The molecular formula is C13H17BrN2O2S2. The summed E-state index contributed by atoms with van der Waals surface area (Å²) in [6, 6.07) is 1.72. The lowest BCUT2D eigenvalue weighted by Crippen LogP contribution is -2.33. The van der Waals surface area contributed by atoms with Gasteiger partial charge in [0.2, 0.25) is 10.0 Å². The van der Waals surface area contributed by atoms with Gasteiger partial charge in [0.1, 0.15) is 4.90 Å². The molecule has 0 saturated heterocycles. The summed E-state index contributed by atoms with van der Waals surface area (Å²) in [4.78, 5) is 1.30. The number of thiophene rings is 1. The minimum atomic E-state index is -3.52. The molecule has 0 aliphatic heterocycles. The summed E-state index contributed by atoms with van der Waals surface area (Å²) >= 11 is 4.79. The predicted octanol–water partition coefficient (Wildman–Crippen LogP) is 2.26. The van der Waals surface area contributed by atoms with E-state index in [0.717, 1.165) is 17.7 Å². The molecule has 1 N–H and O–H groups in total. The van der Waals surface area contributed by atoms with Crippen molar-refractivity contribution in [3.63, 3.8) is 0 Å². The minimum Gasteiger partial charge on any atom is -0.315 e. The fourth-order valence-corrected chi connectivity index (χ4v) is 5.99. The molecule has 1 saturated carbocycles. The van der Waals surface area contributed by atoms with E-state index >= 15 is 0 Å². The standard InChI is InChI=1S/C13H17BrN2O2S2/c1-3-6-16(9-10-4-5-10)20(17,18)12-7-11(8-15-2)19-13(12)14/h1,7,10,15H,4-6,8-9H2,2H3. The second kappa shape index (κ2) is 6.58. The normalized spacial score (nSPS) is 15.5. The van der Waals surface area contributed by atoms with Gasteiger partial charge in [-0.05, 0) is 47.8 Å². The molecular weight excluding hydrogens is 360 g/mol. The molecule has 110 valence electrons. The van der Waals surface area contributed by atoms with Crippen LogP contribution in [0.25, 0.3) is 0 Å². The fourth-order valence-electron chi connectivity index (χ4n) is 1.91. The summed E-state index contributed by atoms with van der Waals surface area (Å²) in [5, 5.41) is 3.02. The Morgan fingerprint density at radius 2 is 2.30 bits per heavy atom. The van der Waals surface area contributed by atoms with E-state index in [4.69, 9.17) is 6.42 Å². The Balaban J connectivity index is 2.28. The van der Waals surface area contributed by atoms with Crippen molar-refractivity contribution in [3.8, 4) is 12.3 Å². The highest BCUT2D eigenvalue weighted by Gasteiger charge is 2.33. The zero-order valence-electron chi connectivity index (χ0n) is 11.2. The van der Waals surface area contributed by atoms with Crippen LogP contribution in [0, 0.1) is 18.3 Å². The first-order chi connectivity index (χ1) is 9.48. The number of nitrogens with one attached hydrogen (secondary N) is 1. The lowest BCUT2D eigenvalue weighted by atomic mass is 10.4. The third-order valence-electron chi connectivity index (χ3n) is 3.10. The summed E-state index contributed by atoms with van der Waals surface area (Å²) in [5.74, 6) is 2.92. The van der Waals surface area contributed by atoms with E-state index < -0.39 is 10.0 Å². The second-order valence-corrected chi connectivity index (χ2v) is 9.19. The second-order valence-electron chi connectivity index (χ2n) is 4.83. The number of hydrogen-bond donors (Lipinski definition) is 1. The van der Waals surface area contributed by atoms with Crippen molar-refractivity contribution in [3.05, 3.63) is 14.7 Å². The van der Waals surface area contributed by atoms with E-state index in [2.05, 4.69) is 27.2 Å². The summed E-state index contributed by atoms with van der Waals surface area (Å²) < 4.78 is 27.5. The Labute approximate surface area is 132 Å². The van der Waals surface area contributed by atoms with Crippen molar-refractivity contribution in [1.82, 2.24) is 9.62 Å². The first-order valence-corrected chi connectivity index (χ1v) is 9.40. The Morgan fingerprint density at radius 1 is 1.60 bits per heavy atom.